The molecule has 0 bridgehead atoms. The van der Waals surface area contributed by atoms with Gasteiger partial charge in [0.2, 0.25) is 0 Å². The zero-order chi connectivity index (χ0) is 22.3. The maximum Gasteiger partial charge on any atom is 0.257 e. The second kappa shape index (κ2) is 10.3. The number of morpholine rings is 1. The molecule has 1 aliphatic heterocycles. The number of amides is 2. The molecule has 2 heterocycles. The third-order valence-electron chi connectivity index (χ3n) is 5.01. The molecule has 0 atom stereocenters. The summed E-state index contributed by atoms with van der Waals surface area (Å²) in [6, 6.07) is 12.2. The van der Waals surface area contributed by atoms with Gasteiger partial charge < -0.3 is 15.4 Å². The summed E-state index contributed by atoms with van der Waals surface area (Å²) in [5.41, 5.74) is 2.80. The van der Waals surface area contributed by atoms with Gasteiger partial charge in [0.25, 0.3) is 11.8 Å². The lowest BCUT2D eigenvalue weighted by molar-refractivity contribution is 0.0342. The van der Waals surface area contributed by atoms with Crippen molar-refractivity contribution in [1.29, 1.82) is 0 Å². The second-order valence-corrected chi connectivity index (χ2v) is 7.72. The van der Waals surface area contributed by atoms with Crippen molar-refractivity contribution in [2.24, 2.45) is 0 Å². The van der Waals surface area contributed by atoms with Gasteiger partial charge in [0.1, 0.15) is 6.33 Å². The number of nitrogens with one attached hydrogen (secondary N) is 2. The van der Waals surface area contributed by atoms with Crippen molar-refractivity contribution in [2.75, 3.05) is 36.9 Å². The molecule has 32 heavy (non-hydrogen) atoms. The van der Waals surface area contributed by atoms with Gasteiger partial charge in [-0.05, 0) is 35.9 Å². The first-order valence-electron chi connectivity index (χ1n) is 10.1. The van der Waals surface area contributed by atoms with Gasteiger partial charge >= 0.3 is 0 Å². The number of hydrogen-bond acceptors (Lipinski definition) is 6. The van der Waals surface area contributed by atoms with Gasteiger partial charge in [-0.3, -0.25) is 14.5 Å². The zero-order valence-electron chi connectivity index (χ0n) is 17.3. The van der Waals surface area contributed by atoms with Crippen molar-refractivity contribution in [3.8, 4) is 0 Å². The highest BCUT2D eigenvalue weighted by atomic mass is 35.5. The minimum Gasteiger partial charge on any atom is -0.379 e. The van der Waals surface area contributed by atoms with E-state index in [-0.39, 0.29) is 16.5 Å². The van der Waals surface area contributed by atoms with E-state index in [0.717, 1.165) is 38.4 Å². The largest absolute Gasteiger partial charge is 0.379 e. The Bertz CT molecular complexity index is 1090. The van der Waals surface area contributed by atoms with Gasteiger partial charge in [-0.2, -0.15) is 0 Å². The summed E-state index contributed by atoms with van der Waals surface area (Å²) in [4.78, 5) is 35.3. The van der Waals surface area contributed by atoms with E-state index in [2.05, 4.69) is 25.5 Å². The average molecular weight is 452 g/mol. The molecule has 0 saturated carbocycles. The first-order chi connectivity index (χ1) is 15.6. The van der Waals surface area contributed by atoms with Gasteiger partial charge in [0.05, 0.1) is 41.9 Å². The van der Waals surface area contributed by atoms with E-state index in [4.69, 9.17) is 16.3 Å². The van der Waals surface area contributed by atoms with Crippen LogP contribution in [0.3, 0.4) is 0 Å². The first-order valence-corrected chi connectivity index (χ1v) is 10.5. The van der Waals surface area contributed by atoms with E-state index in [9.17, 15) is 9.59 Å². The van der Waals surface area contributed by atoms with Crippen molar-refractivity contribution >= 4 is 34.8 Å². The summed E-state index contributed by atoms with van der Waals surface area (Å²) >= 11 is 6.19. The van der Waals surface area contributed by atoms with Crippen molar-refractivity contribution < 1.29 is 14.3 Å². The van der Waals surface area contributed by atoms with Crippen molar-refractivity contribution in [3.63, 3.8) is 0 Å². The van der Waals surface area contributed by atoms with Crippen molar-refractivity contribution in [3.05, 3.63) is 82.9 Å². The van der Waals surface area contributed by atoms with E-state index in [0.29, 0.717) is 16.9 Å². The van der Waals surface area contributed by atoms with Crippen molar-refractivity contribution in [1.82, 2.24) is 14.9 Å². The Morgan fingerprint density at radius 2 is 1.62 bits per heavy atom. The van der Waals surface area contributed by atoms with E-state index in [1.54, 1.807) is 24.3 Å². The fraction of sp³-hybridized carbons (Fsp3) is 0.217. The van der Waals surface area contributed by atoms with Crippen LogP contribution in [0.5, 0.6) is 0 Å². The van der Waals surface area contributed by atoms with E-state index >= 15 is 0 Å². The average Bonchev–Trinajstić information content (AvgIpc) is 2.82. The maximum atomic E-state index is 12.7. The molecule has 0 unspecified atom stereocenters. The smallest absolute Gasteiger partial charge is 0.257 e. The Labute approximate surface area is 190 Å². The standard InChI is InChI=1S/C23H22ClN5O3/c24-21-6-5-18(11-20(21)23(31)28-19-12-25-15-26-13-19)27-22(30)17-3-1-16(2-4-17)14-29-7-9-32-10-8-29/h1-6,11-13,15H,7-10,14H2,(H,27,30)(H,28,31). The van der Waals surface area contributed by atoms with E-state index in [1.165, 1.54) is 24.8 Å². The number of ether oxygens (including phenoxy) is 1. The molecule has 1 aliphatic rings. The summed E-state index contributed by atoms with van der Waals surface area (Å²) in [5, 5.41) is 5.76. The highest BCUT2D eigenvalue weighted by molar-refractivity contribution is 6.34. The molecule has 1 saturated heterocycles. The number of rotatable bonds is 6. The van der Waals surface area contributed by atoms with E-state index in [1.807, 2.05) is 12.1 Å². The SMILES string of the molecule is O=C(Nc1ccc(Cl)c(C(=O)Nc2cncnc2)c1)c1ccc(CN2CCOCC2)cc1. The Morgan fingerprint density at radius 3 is 2.34 bits per heavy atom. The van der Waals surface area contributed by atoms with Crippen LogP contribution in [-0.2, 0) is 11.3 Å². The summed E-state index contributed by atoms with van der Waals surface area (Å²) in [6.07, 6.45) is 4.33. The normalized spacial score (nSPS) is 14.0. The first kappa shape index (κ1) is 21.9. The fourth-order valence-corrected chi connectivity index (χ4v) is 3.52. The van der Waals surface area contributed by atoms with Gasteiger partial charge in [0.15, 0.2) is 0 Å². The molecule has 2 aromatic carbocycles. The molecule has 1 aromatic heterocycles. The van der Waals surface area contributed by atoms with Crippen LogP contribution < -0.4 is 10.6 Å². The maximum absolute atomic E-state index is 12.7. The number of benzene rings is 2. The number of halogens is 1. The van der Waals surface area contributed by atoms with Crippen LogP contribution in [0.25, 0.3) is 0 Å². The lowest BCUT2D eigenvalue weighted by Crippen LogP contribution is -2.35. The van der Waals surface area contributed by atoms with Gasteiger partial charge in [-0.25, -0.2) is 9.97 Å². The molecule has 2 N–H and O–H groups in total. The summed E-state index contributed by atoms with van der Waals surface area (Å²) in [7, 11) is 0. The predicted molar refractivity (Wildman–Crippen MR) is 122 cm³/mol. The number of nitrogens with zero attached hydrogens (tertiary/aromatic N) is 3. The molecular formula is C23H22ClN5O3. The highest BCUT2D eigenvalue weighted by Crippen LogP contribution is 2.22. The van der Waals surface area contributed by atoms with Crippen LogP contribution in [0.2, 0.25) is 5.02 Å². The van der Waals surface area contributed by atoms with Crippen LogP contribution in [0.15, 0.2) is 61.2 Å². The Morgan fingerprint density at radius 1 is 0.938 bits per heavy atom. The molecule has 3 aromatic rings. The fourth-order valence-electron chi connectivity index (χ4n) is 3.32. The summed E-state index contributed by atoms with van der Waals surface area (Å²) in [6.45, 7) is 4.15. The molecule has 2 amide bonds. The molecule has 164 valence electrons. The minimum atomic E-state index is -0.423. The number of hydrogen-bond donors (Lipinski definition) is 2. The molecule has 1 fully saturated rings. The number of carbonyl (C=O) groups is 2. The molecule has 0 aliphatic carbocycles. The third-order valence-corrected chi connectivity index (χ3v) is 5.34. The summed E-state index contributed by atoms with van der Waals surface area (Å²) < 4.78 is 5.37. The lowest BCUT2D eigenvalue weighted by atomic mass is 10.1. The quantitative estimate of drug-likeness (QED) is 0.595. The Hall–Kier alpha value is -3.33. The third kappa shape index (κ3) is 5.67. The topological polar surface area (TPSA) is 96.5 Å². The minimum absolute atomic E-state index is 0.231. The number of carbonyl (C=O) groups excluding carboxylic acids is 2. The van der Waals surface area contributed by atoms with Crippen LogP contribution >= 0.6 is 11.6 Å². The van der Waals surface area contributed by atoms with Crippen LogP contribution in [0, 0.1) is 0 Å². The Balaban J connectivity index is 1.40. The molecule has 9 heteroatoms. The molecule has 4 rings (SSSR count). The number of anilines is 2. The van der Waals surface area contributed by atoms with Gasteiger partial charge in [0, 0.05) is 30.9 Å². The molecular weight excluding hydrogens is 430 g/mol. The second-order valence-electron chi connectivity index (χ2n) is 7.32. The monoisotopic (exact) mass is 451 g/mol. The Kier molecular flexibility index (Phi) is 7.06. The van der Waals surface area contributed by atoms with Gasteiger partial charge in [-0.1, -0.05) is 23.7 Å². The van der Waals surface area contributed by atoms with Crippen LogP contribution in [0.4, 0.5) is 11.4 Å². The number of aromatic nitrogens is 2. The molecule has 0 radical (unpaired) electrons. The molecule has 0 spiro atoms. The van der Waals surface area contributed by atoms with E-state index < -0.39 is 5.91 Å². The summed E-state index contributed by atoms with van der Waals surface area (Å²) in [5.74, 6) is -0.693. The van der Waals surface area contributed by atoms with Crippen LogP contribution in [0.1, 0.15) is 26.3 Å². The van der Waals surface area contributed by atoms with Crippen molar-refractivity contribution in [2.45, 2.75) is 6.54 Å². The highest BCUT2D eigenvalue weighted by Gasteiger charge is 2.15. The molecule has 8 nitrogen and oxygen atoms in total. The lowest BCUT2D eigenvalue weighted by Gasteiger charge is -2.26. The van der Waals surface area contributed by atoms with Gasteiger partial charge in [-0.15, -0.1) is 0 Å². The van der Waals surface area contributed by atoms with Crippen LogP contribution in [-0.4, -0.2) is 53.0 Å². The zero-order valence-corrected chi connectivity index (χ0v) is 18.0. The predicted octanol–water partition coefficient (Wildman–Crippen LogP) is 3.47.